The standard InChI is InChI=1S/C10H11FN2O3/c11-8-3-6(12)1-2-9(8)15-5-7-4-13-10(14)16-7/h1-3,7H,4-5,12H2,(H,13,14). The smallest absolute Gasteiger partial charge is 0.407 e. The van der Waals surface area contributed by atoms with E-state index in [0.29, 0.717) is 12.2 Å². The van der Waals surface area contributed by atoms with E-state index in [0.717, 1.165) is 0 Å². The summed E-state index contributed by atoms with van der Waals surface area (Å²) in [5.74, 6) is -0.436. The van der Waals surface area contributed by atoms with Gasteiger partial charge in [0.25, 0.3) is 0 Å². The van der Waals surface area contributed by atoms with E-state index in [1.165, 1.54) is 18.2 Å². The van der Waals surface area contributed by atoms with Crippen LogP contribution in [0.15, 0.2) is 18.2 Å². The van der Waals surface area contributed by atoms with E-state index in [1.54, 1.807) is 0 Å². The van der Waals surface area contributed by atoms with Crippen LogP contribution in [0, 0.1) is 5.82 Å². The van der Waals surface area contributed by atoms with E-state index in [-0.39, 0.29) is 18.5 Å². The molecular weight excluding hydrogens is 215 g/mol. The van der Waals surface area contributed by atoms with E-state index < -0.39 is 11.9 Å². The number of anilines is 1. The lowest BCUT2D eigenvalue weighted by atomic mass is 10.3. The number of halogens is 1. The summed E-state index contributed by atoms with van der Waals surface area (Å²) in [6, 6.07) is 4.15. The van der Waals surface area contributed by atoms with Crippen LogP contribution in [-0.4, -0.2) is 25.3 Å². The van der Waals surface area contributed by atoms with Crippen molar-refractivity contribution < 1.29 is 18.7 Å². The molecule has 1 heterocycles. The fourth-order valence-corrected chi connectivity index (χ4v) is 1.34. The number of hydrogen-bond donors (Lipinski definition) is 2. The number of alkyl carbamates (subject to hydrolysis) is 1. The van der Waals surface area contributed by atoms with Crippen LogP contribution in [0.2, 0.25) is 0 Å². The van der Waals surface area contributed by atoms with Gasteiger partial charge in [0.05, 0.1) is 6.54 Å². The molecule has 2 rings (SSSR count). The predicted octanol–water partition coefficient (Wildman–Crippen LogP) is 0.895. The molecule has 1 fully saturated rings. The average molecular weight is 226 g/mol. The number of benzene rings is 1. The molecule has 6 heteroatoms. The highest BCUT2D eigenvalue weighted by Gasteiger charge is 2.23. The Morgan fingerprint density at radius 2 is 2.44 bits per heavy atom. The molecule has 1 aromatic carbocycles. The fourth-order valence-electron chi connectivity index (χ4n) is 1.34. The van der Waals surface area contributed by atoms with E-state index >= 15 is 0 Å². The number of nitrogens with two attached hydrogens (primary N) is 1. The average Bonchev–Trinajstić information content (AvgIpc) is 2.63. The quantitative estimate of drug-likeness (QED) is 0.751. The first-order valence-corrected chi connectivity index (χ1v) is 4.77. The maximum absolute atomic E-state index is 13.3. The van der Waals surface area contributed by atoms with E-state index in [2.05, 4.69) is 5.32 Å². The van der Waals surface area contributed by atoms with Crippen molar-refractivity contribution in [3.8, 4) is 5.75 Å². The second-order valence-electron chi connectivity index (χ2n) is 3.41. The number of carbonyl (C=O) groups is 1. The van der Waals surface area contributed by atoms with E-state index in [9.17, 15) is 9.18 Å². The van der Waals surface area contributed by atoms with Crippen molar-refractivity contribution in [3.63, 3.8) is 0 Å². The van der Waals surface area contributed by atoms with Gasteiger partial charge in [0.1, 0.15) is 6.61 Å². The highest BCUT2D eigenvalue weighted by Crippen LogP contribution is 2.19. The van der Waals surface area contributed by atoms with Crippen molar-refractivity contribution in [1.29, 1.82) is 0 Å². The third-order valence-electron chi connectivity index (χ3n) is 2.13. The normalized spacial score (nSPS) is 19.1. The van der Waals surface area contributed by atoms with Crippen LogP contribution in [0.3, 0.4) is 0 Å². The summed E-state index contributed by atoms with van der Waals surface area (Å²) in [6.45, 7) is 0.481. The Morgan fingerprint density at radius 1 is 1.62 bits per heavy atom. The van der Waals surface area contributed by atoms with Gasteiger partial charge in [-0.2, -0.15) is 0 Å². The van der Waals surface area contributed by atoms with Crippen LogP contribution >= 0.6 is 0 Å². The fraction of sp³-hybridized carbons (Fsp3) is 0.300. The number of amides is 1. The van der Waals surface area contributed by atoms with Gasteiger partial charge in [0.15, 0.2) is 17.7 Å². The number of nitrogen functional groups attached to an aromatic ring is 1. The summed E-state index contributed by atoms with van der Waals surface area (Å²) >= 11 is 0. The minimum Gasteiger partial charge on any atom is -0.487 e. The largest absolute Gasteiger partial charge is 0.487 e. The second kappa shape index (κ2) is 4.26. The lowest BCUT2D eigenvalue weighted by Crippen LogP contribution is -2.22. The molecule has 0 saturated carbocycles. The Labute approximate surface area is 91.3 Å². The molecule has 1 aliphatic rings. The number of rotatable bonds is 3. The summed E-state index contributed by atoms with van der Waals surface area (Å²) in [6.07, 6.45) is -0.865. The zero-order valence-electron chi connectivity index (χ0n) is 8.40. The van der Waals surface area contributed by atoms with Crippen molar-refractivity contribution in [2.75, 3.05) is 18.9 Å². The summed E-state index contributed by atoms with van der Waals surface area (Å²) < 4.78 is 23.3. The van der Waals surface area contributed by atoms with Crippen molar-refractivity contribution in [3.05, 3.63) is 24.0 Å². The molecule has 5 nitrogen and oxygen atoms in total. The lowest BCUT2D eigenvalue weighted by Gasteiger charge is -2.10. The molecular formula is C10H11FN2O3. The molecule has 0 bridgehead atoms. The van der Waals surface area contributed by atoms with Crippen LogP contribution < -0.4 is 15.8 Å². The first-order valence-electron chi connectivity index (χ1n) is 4.77. The molecule has 16 heavy (non-hydrogen) atoms. The second-order valence-corrected chi connectivity index (χ2v) is 3.41. The minimum atomic E-state index is -0.530. The molecule has 1 saturated heterocycles. The van der Waals surface area contributed by atoms with Gasteiger partial charge in [0.2, 0.25) is 0 Å². The zero-order valence-corrected chi connectivity index (χ0v) is 8.40. The van der Waals surface area contributed by atoms with Gasteiger partial charge in [-0.1, -0.05) is 0 Å². The number of cyclic esters (lactones) is 1. The first kappa shape index (κ1) is 10.5. The number of ether oxygens (including phenoxy) is 2. The van der Waals surface area contributed by atoms with Crippen molar-refractivity contribution >= 4 is 11.8 Å². The third kappa shape index (κ3) is 2.33. The van der Waals surface area contributed by atoms with Gasteiger partial charge < -0.3 is 20.5 Å². The molecule has 0 aliphatic carbocycles. The van der Waals surface area contributed by atoms with Gasteiger partial charge in [-0.05, 0) is 12.1 Å². The molecule has 1 aromatic rings. The van der Waals surface area contributed by atoms with Crippen LogP contribution in [0.1, 0.15) is 0 Å². The van der Waals surface area contributed by atoms with Crippen molar-refractivity contribution in [2.45, 2.75) is 6.10 Å². The molecule has 1 amide bonds. The molecule has 0 radical (unpaired) electrons. The lowest BCUT2D eigenvalue weighted by molar-refractivity contribution is 0.103. The van der Waals surface area contributed by atoms with E-state index in [4.69, 9.17) is 15.2 Å². The number of carbonyl (C=O) groups excluding carboxylic acids is 1. The summed E-state index contributed by atoms with van der Waals surface area (Å²) in [4.78, 5) is 10.7. The zero-order chi connectivity index (χ0) is 11.5. The van der Waals surface area contributed by atoms with Gasteiger partial charge in [-0.3, -0.25) is 0 Å². The van der Waals surface area contributed by atoms with Crippen molar-refractivity contribution in [2.24, 2.45) is 0 Å². The van der Waals surface area contributed by atoms with Gasteiger partial charge in [-0.15, -0.1) is 0 Å². The molecule has 1 atom stereocenters. The van der Waals surface area contributed by atoms with Crippen molar-refractivity contribution in [1.82, 2.24) is 5.32 Å². The Morgan fingerprint density at radius 3 is 3.06 bits per heavy atom. The van der Waals surface area contributed by atoms with E-state index in [1.807, 2.05) is 0 Å². The number of nitrogens with one attached hydrogen (secondary N) is 1. The molecule has 0 aromatic heterocycles. The molecule has 1 unspecified atom stereocenters. The molecule has 1 aliphatic heterocycles. The minimum absolute atomic E-state index is 0.0946. The van der Waals surface area contributed by atoms with Gasteiger partial charge in [0, 0.05) is 11.8 Å². The molecule has 3 N–H and O–H groups in total. The third-order valence-corrected chi connectivity index (χ3v) is 2.13. The summed E-state index contributed by atoms with van der Waals surface area (Å²) in [5.41, 5.74) is 5.72. The Bertz CT molecular complexity index is 411. The summed E-state index contributed by atoms with van der Waals surface area (Å²) in [5, 5.41) is 2.47. The topological polar surface area (TPSA) is 73.6 Å². The van der Waals surface area contributed by atoms with Crippen LogP contribution in [0.25, 0.3) is 0 Å². The number of hydrogen-bond acceptors (Lipinski definition) is 4. The van der Waals surface area contributed by atoms with Gasteiger partial charge >= 0.3 is 6.09 Å². The SMILES string of the molecule is Nc1ccc(OCC2CNC(=O)O2)c(F)c1. The van der Waals surface area contributed by atoms with Crippen LogP contribution in [0.4, 0.5) is 14.9 Å². The predicted molar refractivity (Wildman–Crippen MR) is 54.6 cm³/mol. The highest BCUT2D eigenvalue weighted by molar-refractivity contribution is 5.69. The van der Waals surface area contributed by atoms with Crippen LogP contribution in [-0.2, 0) is 4.74 Å². The molecule has 86 valence electrons. The molecule has 0 spiro atoms. The first-order chi connectivity index (χ1) is 7.65. The Balaban J connectivity index is 1.92. The maximum Gasteiger partial charge on any atom is 0.407 e. The van der Waals surface area contributed by atoms with Gasteiger partial charge in [-0.25, -0.2) is 9.18 Å². The highest BCUT2D eigenvalue weighted by atomic mass is 19.1. The Kier molecular flexibility index (Phi) is 2.80. The monoisotopic (exact) mass is 226 g/mol. The summed E-state index contributed by atoms with van der Waals surface area (Å²) in [7, 11) is 0. The van der Waals surface area contributed by atoms with Crippen LogP contribution in [0.5, 0.6) is 5.75 Å². The maximum atomic E-state index is 13.3. The Hall–Kier alpha value is -1.98.